The first-order chi connectivity index (χ1) is 11.3. The van der Waals surface area contributed by atoms with Crippen LogP contribution in [0.1, 0.15) is 102 Å². The third-order valence-corrected chi connectivity index (χ3v) is 4.63. The van der Waals surface area contributed by atoms with E-state index in [9.17, 15) is 0 Å². The smallest absolute Gasteiger partial charge is 0.0899 e. The Morgan fingerprint density at radius 2 is 1.26 bits per heavy atom. The van der Waals surface area contributed by atoms with E-state index in [0.717, 1.165) is 12.8 Å². The van der Waals surface area contributed by atoms with E-state index in [-0.39, 0.29) is 0 Å². The monoisotopic (exact) mass is 322 g/mol. The maximum atomic E-state index is 5.80. The van der Waals surface area contributed by atoms with Crippen LogP contribution in [0.5, 0.6) is 0 Å². The molecule has 23 heavy (non-hydrogen) atoms. The molecule has 0 amide bonds. The van der Waals surface area contributed by atoms with Crippen LogP contribution in [0, 0.1) is 0 Å². The summed E-state index contributed by atoms with van der Waals surface area (Å²) in [5.74, 6) is 0. The number of nitrogens with zero attached hydrogens (tertiary/aromatic N) is 3. The van der Waals surface area contributed by atoms with Gasteiger partial charge in [-0.25, -0.2) is 4.68 Å². The molecule has 0 aromatic carbocycles. The molecule has 0 aliphatic rings. The zero-order valence-corrected chi connectivity index (χ0v) is 15.5. The molecule has 1 heterocycles. The van der Waals surface area contributed by atoms with Crippen LogP contribution in [0.3, 0.4) is 0 Å². The Morgan fingerprint density at radius 1 is 0.739 bits per heavy atom. The second-order valence-electron chi connectivity index (χ2n) is 6.70. The molecular formula is C19H38N4. The van der Waals surface area contributed by atoms with Gasteiger partial charge in [0.15, 0.2) is 0 Å². The van der Waals surface area contributed by atoms with Gasteiger partial charge < -0.3 is 5.73 Å². The largest absolute Gasteiger partial charge is 0.312 e. The van der Waals surface area contributed by atoms with Crippen LogP contribution in [0.2, 0.25) is 0 Å². The summed E-state index contributed by atoms with van der Waals surface area (Å²) in [6.07, 6.45) is 18.0. The molecule has 0 radical (unpaired) electrons. The highest BCUT2D eigenvalue weighted by molar-refractivity contribution is 5.10. The molecule has 4 heteroatoms. The van der Waals surface area contributed by atoms with Crippen molar-refractivity contribution < 1.29 is 0 Å². The fourth-order valence-corrected chi connectivity index (χ4v) is 3.13. The van der Waals surface area contributed by atoms with E-state index >= 15 is 0 Å². The average Bonchev–Trinajstić information content (AvgIpc) is 2.96. The highest BCUT2D eigenvalue weighted by Crippen LogP contribution is 2.15. The van der Waals surface area contributed by atoms with Gasteiger partial charge >= 0.3 is 0 Å². The maximum absolute atomic E-state index is 5.80. The summed E-state index contributed by atoms with van der Waals surface area (Å²) in [6, 6.07) is 0. The van der Waals surface area contributed by atoms with Crippen LogP contribution in [-0.4, -0.2) is 15.0 Å². The SMILES string of the molecule is CCCCCCCCc1nnn(CN)c1CCCCCCCC. The average molecular weight is 323 g/mol. The van der Waals surface area contributed by atoms with Crippen LogP contribution in [0.4, 0.5) is 0 Å². The molecule has 134 valence electrons. The minimum Gasteiger partial charge on any atom is -0.312 e. The van der Waals surface area contributed by atoms with Crippen molar-refractivity contribution in [3.05, 3.63) is 11.4 Å². The van der Waals surface area contributed by atoms with Gasteiger partial charge in [0.2, 0.25) is 0 Å². The number of rotatable bonds is 15. The maximum Gasteiger partial charge on any atom is 0.0899 e. The van der Waals surface area contributed by atoms with Gasteiger partial charge in [-0.2, -0.15) is 0 Å². The number of hydrogen-bond acceptors (Lipinski definition) is 3. The second kappa shape index (κ2) is 13.5. The van der Waals surface area contributed by atoms with E-state index in [1.807, 2.05) is 4.68 Å². The molecule has 1 aromatic rings. The Bertz CT molecular complexity index is 387. The molecule has 0 bridgehead atoms. The predicted octanol–water partition coefficient (Wildman–Crippen LogP) is 5.00. The van der Waals surface area contributed by atoms with Gasteiger partial charge in [-0.05, 0) is 25.7 Å². The molecule has 0 saturated carbocycles. The number of aryl methyl sites for hydroxylation is 1. The van der Waals surface area contributed by atoms with Gasteiger partial charge in [-0.1, -0.05) is 83.3 Å². The van der Waals surface area contributed by atoms with E-state index in [2.05, 4.69) is 24.2 Å². The molecular weight excluding hydrogens is 284 g/mol. The quantitative estimate of drug-likeness (QED) is 0.462. The van der Waals surface area contributed by atoms with Crippen LogP contribution in [0.15, 0.2) is 0 Å². The van der Waals surface area contributed by atoms with Gasteiger partial charge in [0.25, 0.3) is 0 Å². The molecule has 0 saturated heterocycles. The van der Waals surface area contributed by atoms with Crippen LogP contribution in [-0.2, 0) is 19.5 Å². The van der Waals surface area contributed by atoms with E-state index in [1.165, 1.54) is 88.4 Å². The van der Waals surface area contributed by atoms with Crippen molar-refractivity contribution >= 4 is 0 Å². The molecule has 4 nitrogen and oxygen atoms in total. The minimum absolute atomic E-state index is 0.453. The zero-order valence-electron chi connectivity index (χ0n) is 15.5. The summed E-state index contributed by atoms with van der Waals surface area (Å²) in [7, 11) is 0. The first-order valence-corrected chi connectivity index (χ1v) is 9.94. The zero-order chi connectivity index (χ0) is 16.8. The number of nitrogens with two attached hydrogens (primary N) is 1. The summed E-state index contributed by atoms with van der Waals surface area (Å²) in [5, 5.41) is 8.62. The van der Waals surface area contributed by atoms with Crippen molar-refractivity contribution in [1.82, 2.24) is 15.0 Å². The van der Waals surface area contributed by atoms with Gasteiger partial charge in [-0.3, -0.25) is 0 Å². The standard InChI is InChI=1S/C19H38N4/c1-3-5-7-9-11-13-15-18-19(23(17-20)22-21-18)16-14-12-10-8-6-4-2/h3-17,20H2,1-2H3. The third kappa shape index (κ3) is 8.50. The van der Waals surface area contributed by atoms with Crippen molar-refractivity contribution in [3.8, 4) is 0 Å². The summed E-state index contributed by atoms with van der Waals surface area (Å²) in [6.45, 7) is 4.98. The molecule has 0 atom stereocenters. The summed E-state index contributed by atoms with van der Waals surface area (Å²) in [5.41, 5.74) is 8.29. The van der Waals surface area contributed by atoms with Crippen molar-refractivity contribution in [2.45, 2.75) is 110 Å². The van der Waals surface area contributed by atoms with Gasteiger partial charge in [0, 0.05) is 0 Å². The molecule has 1 aromatic heterocycles. The highest BCUT2D eigenvalue weighted by atomic mass is 15.4. The lowest BCUT2D eigenvalue weighted by atomic mass is 10.0. The van der Waals surface area contributed by atoms with E-state index in [1.54, 1.807) is 0 Å². The Hall–Kier alpha value is -0.900. The third-order valence-electron chi connectivity index (χ3n) is 4.63. The minimum atomic E-state index is 0.453. The Balaban J connectivity index is 2.30. The van der Waals surface area contributed by atoms with Gasteiger partial charge in [0.1, 0.15) is 0 Å². The normalized spacial score (nSPS) is 11.3. The topological polar surface area (TPSA) is 56.7 Å². The number of aromatic nitrogens is 3. The Kier molecular flexibility index (Phi) is 11.9. The van der Waals surface area contributed by atoms with Crippen molar-refractivity contribution in [2.75, 3.05) is 0 Å². The van der Waals surface area contributed by atoms with Crippen LogP contribution >= 0.6 is 0 Å². The lowest BCUT2D eigenvalue weighted by Gasteiger charge is -2.07. The second-order valence-corrected chi connectivity index (χ2v) is 6.70. The molecule has 0 unspecified atom stereocenters. The van der Waals surface area contributed by atoms with Crippen LogP contribution in [0.25, 0.3) is 0 Å². The molecule has 0 fully saturated rings. The Labute approximate surface area is 143 Å². The molecule has 0 aliphatic heterocycles. The first-order valence-electron chi connectivity index (χ1n) is 9.94. The molecule has 0 spiro atoms. The van der Waals surface area contributed by atoms with E-state index < -0.39 is 0 Å². The van der Waals surface area contributed by atoms with E-state index in [0.29, 0.717) is 6.67 Å². The van der Waals surface area contributed by atoms with Crippen LogP contribution < -0.4 is 5.73 Å². The number of unbranched alkanes of at least 4 members (excludes halogenated alkanes) is 10. The van der Waals surface area contributed by atoms with Crippen molar-refractivity contribution in [1.29, 1.82) is 0 Å². The molecule has 2 N–H and O–H groups in total. The molecule has 1 rings (SSSR count). The predicted molar refractivity (Wildman–Crippen MR) is 98.4 cm³/mol. The lowest BCUT2D eigenvalue weighted by Crippen LogP contribution is -2.13. The highest BCUT2D eigenvalue weighted by Gasteiger charge is 2.11. The van der Waals surface area contributed by atoms with E-state index in [4.69, 9.17) is 5.73 Å². The summed E-state index contributed by atoms with van der Waals surface area (Å²) >= 11 is 0. The van der Waals surface area contributed by atoms with Crippen molar-refractivity contribution in [3.63, 3.8) is 0 Å². The lowest BCUT2D eigenvalue weighted by molar-refractivity contribution is 0.555. The fraction of sp³-hybridized carbons (Fsp3) is 0.895. The van der Waals surface area contributed by atoms with Gasteiger partial charge in [-0.15, -0.1) is 5.10 Å². The number of hydrogen-bond donors (Lipinski definition) is 1. The molecule has 0 aliphatic carbocycles. The first kappa shape index (κ1) is 20.1. The Morgan fingerprint density at radius 3 is 1.83 bits per heavy atom. The fourth-order valence-electron chi connectivity index (χ4n) is 3.13. The van der Waals surface area contributed by atoms with Crippen molar-refractivity contribution in [2.24, 2.45) is 5.73 Å². The van der Waals surface area contributed by atoms with Gasteiger partial charge in [0.05, 0.1) is 18.1 Å². The summed E-state index contributed by atoms with van der Waals surface area (Å²) in [4.78, 5) is 0. The summed E-state index contributed by atoms with van der Waals surface area (Å²) < 4.78 is 1.90.